The first-order valence-electron chi connectivity index (χ1n) is 7.24. The number of sulfone groups is 1. The third kappa shape index (κ3) is 4.74. The Morgan fingerprint density at radius 2 is 1.86 bits per heavy atom. The summed E-state index contributed by atoms with van der Waals surface area (Å²) in [6, 6.07) is 6.24. The highest BCUT2D eigenvalue weighted by molar-refractivity contribution is 8.00. The molecule has 1 aliphatic carbocycles. The molecule has 0 aromatic heterocycles. The minimum Gasteiger partial charge on any atom is -0.384 e. The number of hydrogen-bond donors (Lipinski definition) is 2. The molecule has 3 N–H and O–H groups in total. The number of hydrogen-bond acceptors (Lipinski definition) is 4. The Bertz CT molecular complexity index is 576. The summed E-state index contributed by atoms with van der Waals surface area (Å²) in [5, 5.41) is 7.30. The molecule has 2 rings (SSSR count). The number of nitrogens with one attached hydrogen (secondary N) is 1. The van der Waals surface area contributed by atoms with Crippen molar-refractivity contribution >= 4 is 27.4 Å². The van der Waals surface area contributed by atoms with E-state index < -0.39 is 9.84 Å². The Hall–Kier alpha value is -1.01. The van der Waals surface area contributed by atoms with Gasteiger partial charge < -0.3 is 5.73 Å². The lowest BCUT2D eigenvalue weighted by Crippen LogP contribution is -2.13. The standard InChI is InChI=1S/C15H22N2O2S2/c16-15(17)13-5-7-14(8-6-13)21(18,19)10-9-20-11-12-3-1-2-4-12/h5-8,12H,1-4,9-11H2,(H3,16,17). The largest absolute Gasteiger partial charge is 0.384 e. The minimum atomic E-state index is -3.23. The molecule has 0 amide bonds. The van der Waals surface area contributed by atoms with E-state index in [9.17, 15) is 8.42 Å². The molecular formula is C15H22N2O2S2. The number of benzene rings is 1. The molecule has 1 aromatic carbocycles. The van der Waals surface area contributed by atoms with E-state index in [1.807, 2.05) is 0 Å². The van der Waals surface area contributed by atoms with E-state index in [0.29, 0.717) is 16.2 Å². The predicted molar refractivity (Wildman–Crippen MR) is 88.8 cm³/mol. The van der Waals surface area contributed by atoms with Gasteiger partial charge in [0.05, 0.1) is 10.6 Å². The van der Waals surface area contributed by atoms with E-state index in [-0.39, 0.29) is 11.6 Å². The van der Waals surface area contributed by atoms with E-state index in [1.165, 1.54) is 37.8 Å². The van der Waals surface area contributed by atoms with Crippen LogP contribution in [0.15, 0.2) is 29.2 Å². The van der Waals surface area contributed by atoms with E-state index >= 15 is 0 Å². The van der Waals surface area contributed by atoms with Crippen LogP contribution in [0.2, 0.25) is 0 Å². The molecule has 0 saturated heterocycles. The van der Waals surface area contributed by atoms with Gasteiger partial charge in [-0.3, -0.25) is 5.41 Å². The van der Waals surface area contributed by atoms with Crippen LogP contribution in [0.5, 0.6) is 0 Å². The van der Waals surface area contributed by atoms with Crippen molar-refractivity contribution in [2.45, 2.75) is 30.6 Å². The zero-order valence-electron chi connectivity index (χ0n) is 12.0. The summed E-state index contributed by atoms with van der Waals surface area (Å²) in [5.41, 5.74) is 5.91. The van der Waals surface area contributed by atoms with Gasteiger partial charge in [0.25, 0.3) is 0 Å². The monoisotopic (exact) mass is 326 g/mol. The van der Waals surface area contributed by atoms with Crippen LogP contribution in [0.1, 0.15) is 31.2 Å². The van der Waals surface area contributed by atoms with Crippen molar-refractivity contribution in [3.05, 3.63) is 29.8 Å². The van der Waals surface area contributed by atoms with Gasteiger partial charge in [0, 0.05) is 11.3 Å². The molecule has 6 heteroatoms. The Kier molecular flexibility index (Phi) is 5.70. The van der Waals surface area contributed by atoms with Crippen LogP contribution in [-0.2, 0) is 9.84 Å². The van der Waals surface area contributed by atoms with Crippen molar-refractivity contribution < 1.29 is 8.42 Å². The molecule has 0 atom stereocenters. The molecule has 1 aliphatic rings. The summed E-state index contributed by atoms with van der Waals surface area (Å²) in [5.74, 6) is 2.63. The topological polar surface area (TPSA) is 84.0 Å². The number of nitrogens with two attached hydrogens (primary N) is 1. The fraction of sp³-hybridized carbons (Fsp3) is 0.533. The maximum Gasteiger partial charge on any atom is 0.179 e. The Morgan fingerprint density at radius 1 is 1.24 bits per heavy atom. The van der Waals surface area contributed by atoms with E-state index in [0.717, 1.165) is 11.7 Å². The van der Waals surface area contributed by atoms with E-state index in [1.54, 1.807) is 23.9 Å². The van der Waals surface area contributed by atoms with E-state index in [4.69, 9.17) is 11.1 Å². The van der Waals surface area contributed by atoms with Crippen molar-refractivity contribution in [3.63, 3.8) is 0 Å². The van der Waals surface area contributed by atoms with Gasteiger partial charge in [0.1, 0.15) is 5.84 Å². The summed E-state index contributed by atoms with van der Waals surface area (Å²) in [6.07, 6.45) is 5.25. The van der Waals surface area contributed by atoms with Gasteiger partial charge in [0.2, 0.25) is 0 Å². The molecule has 1 fully saturated rings. The van der Waals surface area contributed by atoms with Crippen LogP contribution in [0.3, 0.4) is 0 Å². The van der Waals surface area contributed by atoms with Gasteiger partial charge in [-0.25, -0.2) is 8.42 Å². The lowest BCUT2D eigenvalue weighted by Gasteiger charge is -2.09. The second-order valence-electron chi connectivity index (χ2n) is 5.48. The van der Waals surface area contributed by atoms with Crippen LogP contribution < -0.4 is 5.73 Å². The highest BCUT2D eigenvalue weighted by Gasteiger charge is 2.17. The quantitative estimate of drug-likeness (QED) is 0.458. The zero-order chi connectivity index (χ0) is 15.3. The molecule has 0 radical (unpaired) electrons. The first kappa shape index (κ1) is 16.4. The fourth-order valence-electron chi connectivity index (χ4n) is 2.56. The maximum atomic E-state index is 12.2. The Labute approximate surface area is 130 Å². The summed E-state index contributed by atoms with van der Waals surface area (Å²) in [7, 11) is -3.23. The summed E-state index contributed by atoms with van der Waals surface area (Å²) in [4.78, 5) is 0.314. The molecule has 1 aromatic rings. The average molecular weight is 326 g/mol. The smallest absolute Gasteiger partial charge is 0.179 e. The first-order chi connectivity index (χ1) is 9.99. The first-order valence-corrected chi connectivity index (χ1v) is 10.0. The number of nitrogen functional groups attached to an aromatic ring is 1. The second-order valence-corrected chi connectivity index (χ2v) is 8.74. The highest BCUT2D eigenvalue weighted by atomic mass is 32.2. The summed E-state index contributed by atoms with van der Waals surface area (Å²) < 4.78 is 24.4. The molecule has 0 aliphatic heterocycles. The van der Waals surface area contributed by atoms with Crippen LogP contribution in [-0.4, -0.2) is 31.5 Å². The predicted octanol–water partition coefficient (Wildman–Crippen LogP) is 2.67. The number of rotatable bonds is 7. The molecule has 116 valence electrons. The zero-order valence-corrected chi connectivity index (χ0v) is 13.7. The van der Waals surface area contributed by atoms with Gasteiger partial charge in [-0.2, -0.15) is 11.8 Å². The summed E-state index contributed by atoms with van der Waals surface area (Å²) >= 11 is 1.75. The third-order valence-corrected chi connectivity index (χ3v) is 7.04. The molecule has 4 nitrogen and oxygen atoms in total. The molecule has 0 heterocycles. The molecule has 1 saturated carbocycles. The molecule has 0 spiro atoms. The SMILES string of the molecule is N=C(N)c1ccc(S(=O)(=O)CCSCC2CCCC2)cc1. The van der Waals surface area contributed by atoms with Crippen LogP contribution in [0.25, 0.3) is 0 Å². The van der Waals surface area contributed by atoms with Crippen molar-refractivity contribution in [1.29, 1.82) is 5.41 Å². The van der Waals surface area contributed by atoms with Crippen molar-refractivity contribution in [2.24, 2.45) is 11.7 Å². The van der Waals surface area contributed by atoms with E-state index in [2.05, 4.69) is 0 Å². The number of thioether (sulfide) groups is 1. The minimum absolute atomic E-state index is 0.0499. The molecule has 21 heavy (non-hydrogen) atoms. The third-order valence-electron chi connectivity index (χ3n) is 3.85. The van der Waals surface area contributed by atoms with Crippen molar-refractivity contribution in [3.8, 4) is 0 Å². The average Bonchev–Trinajstić information content (AvgIpc) is 2.97. The lowest BCUT2D eigenvalue weighted by molar-refractivity contribution is 0.597. The second kappa shape index (κ2) is 7.31. The number of amidine groups is 1. The van der Waals surface area contributed by atoms with Gasteiger partial charge in [-0.15, -0.1) is 0 Å². The van der Waals surface area contributed by atoms with Gasteiger partial charge in [-0.1, -0.05) is 25.0 Å². The Morgan fingerprint density at radius 3 is 2.43 bits per heavy atom. The lowest BCUT2D eigenvalue weighted by atomic mass is 10.1. The molecule has 0 unspecified atom stereocenters. The van der Waals surface area contributed by atoms with Gasteiger partial charge >= 0.3 is 0 Å². The normalized spacial score (nSPS) is 16.2. The van der Waals surface area contributed by atoms with Crippen LogP contribution in [0, 0.1) is 11.3 Å². The summed E-state index contributed by atoms with van der Waals surface area (Å²) in [6.45, 7) is 0. The van der Waals surface area contributed by atoms with Crippen molar-refractivity contribution in [2.75, 3.05) is 17.3 Å². The van der Waals surface area contributed by atoms with Crippen LogP contribution in [0.4, 0.5) is 0 Å². The van der Waals surface area contributed by atoms with Crippen molar-refractivity contribution in [1.82, 2.24) is 0 Å². The highest BCUT2D eigenvalue weighted by Crippen LogP contribution is 2.28. The fourth-order valence-corrected chi connectivity index (χ4v) is 5.52. The van der Waals surface area contributed by atoms with Gasteiger partial charge in [0.15, 0.2) is 9.84 Å². The van der Waals surface area contributed by atoms with Crippen LogP contribution >= 0.6 is 11.8 Å². The molecular weight excluding hydrogens is 304 g/mol. The van der Waals surface area contributed by atoms with Gasteiger partial charge in [-0.05, 0) is 36.6 Å². The molecule has 0 bridgehead atoms. The Balaban J connectivity index is 1.84. The maximum absolute atomic E-state index is 12.2.